The lowest BCUT2D eigenvalue weighted by Crippen LogP contribution is -2.31. The Morgan fingerprint density at radius 3 is 2.60 bits per heavy atom. The van der Waals surface area contributed by atoms with E-state index in [1.54, 1.807) is 6.07 Å². The lowest BCUT2D eigenvalue weighted by molar-refractivity contribution is 0.623. The van der Waals surface area contributed by atoms with Crippen molar-refractivity contribution in [3.8, 4) is 0 Å². The number of halogens is 2. The van der Waals surface area contributed by atoms with Gasteiger partial charge in [-0.1, -0.05) is 23.7 Å². The molecule has 0 heterocycles. The molecule has 0 spiro atoms. The van der Waals surface area contributed by atoms with Crippen LogP contribution in [0.3, 0.4) is 0 Å². The monoisotopic (exact) mass is 292 g/mol. The highest BCUT2D eigenvalue weighted by atomic mass is 35.5. The normalized spacial score (nSPS) is 12.2. The number of rotatable bonds is 4. The van der Waals surface area contributed by atoms with Crippen LogP contribution in [0.15, 0.2) is 42.5 Å². The molecule has 2 aromatic rings. The zero-order valence-corrected chi connectivity index (χ0v) is 12.4. The lowest BCUT2D eigenvalue weighted by Gasteiger charge is -2.30. The summed E-state index contributed by atoms with van der Waals surface area (Å²) in [6.45, 7) is 2.44. The summed E-state index contributed by atoms with van der Waals surface area (Å²) >= 11 is 5.99. The summed E-state index contributed by atoms with van der Waals surface area (Å²) in [5.41, 5.74) is 8.90. The van der Waals surface area contributed by atoms with Crippen molar-refractivity contribution in [3.05, 3.63) is 64.4 Å². The number of nitrogens with zero attached hydrogens (tertiary/aromatic N) is 1. The predicted octanol–water partition coefficient (Wildman–Crippen LogP) is 3.92. The standard InChI is InChI=1S/C16H18ClFN2/c1-11-8-12(17)6-7-15(11)16(10-19)20(2)14-5-3-4-13(18)9-14/h3-9,16H,10,19H2,1-2H3. The third-order valence-electron chi connectivity index (χ3n) is 3.50. The minimum atomic E-state index is -0.252. The fraction of sp³-hybridized carbons (Fsp3) is 0.250. The zero-order chi connectivity index (χ0) is 14.7. The first kappa shape index (κ1) is 14.8. The van der Waals surface area contributed by atoms with Gasteiger partial charge in [-0.05, 0) is 48.4 Å². The highest BCUT2D eigenvalue weighted by Gasteiger charge is 2.18. The first-order valence-corrected chi connectivity index (χ1v) is 6.85. The molecule has 0 aliphatic heterocycles. The van der Waals surface area contributed by atoms with E-state index in [1.807, 2.05) is 43.1 Å². The van der Waals surface area contributed by atoms with Crippen LogP contribution in [0.4, 0.5) is 10.1 Å². The van der Waals surface area contributed by atoms with Crippen LogP contribution in [0.25, 0.3) is 0 Å². The van der Waals surface area contributed by atoms with Gasteiger partial charge in [-0.2, -0.15) is 0 Å². The van der Waals surface area contributed by atoms with E-state index in [1.165, 1.54) is 12.1 Å². The SMILES string of the molecule is Cc1cc(Cl)ccc1C(CN)N(C)c1cccc(F)c1. The van der Waals surface area contributed by atoms with Crippen molar-refractivity contribution in [2.75, 3.05) is 18.5 Å². The average molecular weight is 293 g/mol. The molecule has 0 fully saturated rings. The molecule has 0 aliphatic rings. The summed E-state index contributed by atoms with van der Waals surface area (Å²) < 4.78 is 13.4. The van der Waals surface area contributed by atoms with Gasteiger partial charge in [0.2, 0.25) is 0 Å². The molecule has 20 heavy (non-hydrogen) atoms. The molecule has 0 aliphatic carbocycles. The molecule has 2 N–H and O–H groups in total. The molecule has 0 bridgehead atoms. The van der Waals surface area contributed by atoms with Crippen molar-refractivity contribution in [3.63, 3.8) is 0 Å². The van der Waals surface area contributed by atoms with Crippen molar-refractivity contribution < 1.29 is 4.39 Å². The van der Waals surface area contributed by atoms with Crippen LogP contribution in [-0.2, 0) is 0 Å². The van der Waals surface area contributed by atoms with Crippen LogP contribution in [0.5, 0.6) is 0 Å². The predicted molar refractivity (Wildman–Crippen MR) is 82.8 cm³/mol. The third kappa shape index (κ3) is 3.11. The van der Waals surface area contributed by atoms with Gasteiger partial charge >= 0.3 is 0 Å². The Balaban J connectivity index is 2.36. The zero-order valence-electron chi connectivity index (χ0n) is 11.6. The number of nitrogens with two attached hydrogens (primary N) is 1. The van der Waals surface area contributed by atoms with Crippen LogP contribution < -0.4 is 10.6 Å². The van der Waals surface area contributed by atoms with Crippen LogP contribution in [0.2, 0.25) is 5.02 Å². The largest absolute Gasteiger partial charge is 0.366 e. The second-order valence-electron chi connectivity index (χ2n) is 4.84. The van der Waals surface area contributed by atoms with Crippen LogP contribution in [0.1, 0.15) is 17.2 Å². The molecule has 1 unspecified atom stereocenters. The topological polar surface area (TPSA) is 29.3 Å². The molecule has 2 aromatic carbocycles. The minimum Gasteiger partial charge on any atom is -0.366 e. The average Bonchev–Trinajstić information content (AvgIpc) is 2.41. The number of aryl methyl sites for hydroxylation is 1. The van der Waals surface area contributed by atoms with E-state index in [2.05, 4.69) is 0 Å². The Kier molecular flexibility index (Phi) is 4.63. The first-order chi connectivity index (χ1) is 9.52. The molecule has 0 saturated carbocycles. The minimum absolute atomic E-state index is 0.0194. The molecule has 1 atom stereocenters. The van der Waals surface area contributed by atoms with Crippen molar-refractivity contribution in [1.29, 1.82) is 0 Å². The lowest BCUT2D eigenvalue weighted by atomic mass is 10.00. The third-order valence-corrected chi connectivity index (χ3v) is 3.73. The summed E-state index contributed by atoms with van der Waals surface area (Å²) in [4.78, 5) is 1.99. The Labute approximate surface area is 124 Å². The van der Waals surface area contributed by atoms with E-state index < -0.39 is 0 Å². The van der Waals surface area contributed by atoms with Gasteiger partial charge in [0, 0.05) is 24.3 Å². The number of likely N-dealkylation sites (N-methyl/N-ethyl adjacent to an activating group) is 1. The van der Waals surface area contributed by atoms with Crippen molar-refractivity contribution >= 4 is 17.3 Å². The molecular formula is C16H18ClFN2. The Bertz CT molecular complexity index is 601. The molecule has 106 valence electrons. The van der Waals surface area contributed by atoms with Crippen molar-refractivity contribution in [1.82, 2.24) is 0 Å². The molecule has 4 heteroatoms. The van der Waals surface area contributed by atoms with Crippen molar-refractivity contribution in [2.24, 2.45) is 5.73 Å². The Morgan fingerprint density at radius 2 is 2.00 bits per heavy atom. The highest BCUT2D eigenvalue weighted by Crippen LogP contribution is 2.28. The molecular weight excluding hydrogens is 275 g/mol. The van der Waals surface area contributed by atoms with E-state index in [0.717, 1.165) is 16.8 Å². The van der Waals surface area contributed by atoms with E-state index in [9.17, 15) is 4.39 Å². The summed E-state index contributed by atoms with van der Waals surface area (Å²) in [5, 5.41) is 0.704. The molecule has 0 amide bonds. The molecule has 0 saturated heterocycles. The van der Waals surface area contributed by atoms with Gasteiger partial charge in [0.05, 0.1) is 6.04 Å². The van der Waals surface area contributed by atoms with Crippen LogP contribution in [0, 0.1) is 12.7 Å². The van der Waals surface area contributed by atoms with Gasteiger partial charge in [-0.15, -0.1) is 0 Å². The van der Waals surface area contributed by atoms with E-state index in [0.29, 0.717) is 11.6 Å². The van der Waals surface area contributed by atoms with E-state index in [4.69, 9.17) is 17.3 Å². The van der Waals surface area contributed by atoms with Gasteiger partial charge in [0.15, 0.2) is 0 Å². The number of benzene rings is 2. The van der Waals surface area contributed by atoms with Gasteiger partial charge in [0.25, 0.3) is 0 Å². The first-order valence-electron chi connectivity index (χ1n) is 6.47. The quantitative estimate of drug-likeness (QED) is 0.925. The molecule has 0 radical (unpaired) electrons. The summed E-state index contributed by atoms with van der Waals surface area (Å²) in [6.07, 6.45) is 0. The number of hydrogen-bond donors (Lipinski definition) is 1. The maximum atomic E-state index is 13.4. The fourth-order valence-corrected chi connectivity index (χ4v) is 2.61. The van der Waals surface area contributed by atoms with E-state index in [-0.39, 0.29) is 11.9 Å². The highest BCUT2D eigenvalue weighted by molar-refractivity contribution is 6.30. The second kappa shape index (κ2) is 6.25. The maximum absolute atomic E-state index is 13.4. The molecule has 0 aromatic heterocycles. The number of anilines is 1. The smallest absolute Gasteiger partial charge is 0.125 e. The summed E-state index contributed by atoms with van der Waals surface area (Å²) in [7, 11) is 1.92. The maximum Gasteiger partial charge on any atom is 0.125 e. The Hall–Kier alpha value is -1.58. The Morgan fingerprint density at radius 1 is 1.25 bits per heavy atom. The van der Waals surface area contributed by atoms with Gasteiger partial charge in [-0.3, -0.25) is 0 Å². The van der Waals surface area contributed by atoms with Gasteiger partial charge in [0.1, 0.15) is 5.82 Å². The molecule has 2 nitrogen and oxygen atoms in total. The van der Waals surface area contributed by atoms with Crippen molar-refractivity contribution in [2.45, 2.75) is 13.0 Å². The van der Waals surface area contributed by atoms with Crippen LogP contribution >= 0.6 is 11.6 Å². The second-order valence-corrected chi connectivity index (χ2v) is 5.28. The van der Waals surface area contributed by atoms with Gasteiger partial charge in [-0.25, -0.2) is 4.39 Å². The van der Waals surface area contributed by atoms with Gasteiger partial charge < -0.3 is 10.6 Å². The molecule has 2 rings (SSSR count). The van der Waals surface area contributed by atoms with E-state index >= 15 is 0 Å². The summed E-state index contributed by atoms with van der Waals surface area (Å²) in [6, 6.07) is 12.2. The number of hydrogen-bond acceptors (Lipinski definition) is 2. The fourth-order valence-electron chi connectivity index (χ4n) is 2.38. The summed E-state index contributed by atoms with van der Waals surface area (Å²) in [5.74, 6) is -0.252. The van der Waals surface area contributed by atoms with Crippen LogP contribution in [-0.4, -0.2) is 13.6 Å².